The molecule has 2 unspecified atom stereocenters. The second kappa shape index (κ2) is 18.0. The second-order valence-corrected chi connectivity index (χ2v) is 7.98. The van der Waals surface area contributed by atoms with Gasteiger partial charge in [-0.25, -0.2) is 9.78 Å². The average molecular weight is 423 g/mol. The molecule has 174 valence electrons. The van der Waals surface area contributed by atoms with Crippen LogP contribution in [0.2, 0.25) is 0 Å². The third-order valence-corrected chi connectivity index (χ3v) is 4.21. The molecular formula is C20H42N2O7. The van der Waals surface area contributed by atoms with E-state index >= 15 is 0 Å². The van der Waals surface area contributed by atoms with Crippen LogP contribution in [0.15, 0.2) is 0 Å². The Morgan fingerprint density at radius 2 is 1.72 bits per heavy atom. The Morgan fingerprint density at radius 3 is 2.34 bits per heavy atom. The Hall–Kier alpha value is -0.810. The minimum Gasteiger partial charge on any atom is -0.396 e. The Balaban J connectivity index is 4.70. The van der Waals surface area contributed by atoms with Crippen LogP contribution >= 0.6 is 0 Å². The molecule has 0 aromatic carbocycles. The summed E-state index contributed by atoms with van der Waals surface area (Å²) in [6, 6.07) is -0.217. The van der Waals surface area contributed by atoms with Crippen LogP contribution in [0.5, 0.6) is 0 Å². The third kappa shape index (κ3) is 15.7. The van der Waals surface area contributed by atoms with E-state index in [9.17, 15) is 4.79 Å². The van der Waals surface area contributed by atoms with Gasteiger partial charge in [0.25, 0.3) is 0 Å². The van der Waals surface area contributed by atoms with Crippen LogP contribution in [-0.2, 0) is 24.1 Å². The van der Waals surface area contributed by atoms with Crippen molar-refractivity contribution in [3.63, 3.8) is 0 Å². The maximum Gasteiger partial charge on any atom is 0.327 e. The maximum atomic E-state index is 12.2. The minimum absolute atomic E-state index is 0.0220. The fourth-order valence-electron chi connectivity index (χ4n) is 2.65. The van der Waals surface area contributed by atoms with E-state index < -0.39 is 12.1 Å². The van der Waals surface area contributed by atoms with Gasteiger partial charge in [0, 0.05) is 32.4 Å². The van der Waals surface area contributed by atoms with Crippen molar-refractivity contribution in [2.24, 2.45) is 5.41 Å². The molecule has 0 heterocycles. The van der Waals surface area contributed by atoms with Crippen LogP contribution in [0, 0.1) is 5.41 Å². The SMILES string of the molecule is CCCCNOC(=O)CC(OCCCO)C(NCOOCCCCO)C(C)(C)C. The first-order chi connectivity index (χ1) is 13.9. The second-order valence-electron chi connectivity index (χ2n) is 7.98. The molecule has 0 aromatic rings. The molecule has 0 aromatic heterocycles. The summed E-state index contributed by atoms with van der Waals surface area (Å²) in [6.45, 7) is 9.81. The molecule has 0 fully saturated rings. The molecule has 4 N–H and O–H groups in total. The third-order valence-electron chi connectivity index (χ3n) is 4.21. The largest absolute Gasteiger partial charge is 0.396 e. The topological polar surface area (TPSA) is 119 Å². The lowest BCUT2D eigenvalue weighted by molar-refractivity contribution is -0.301. The maximum absolute atomic E-state index is 12.2. The smallest absolute Gasteiger partial charge is 0.327 e. The van der Waals surface area contributed by atoms with E-state index in [2.05, 4.69) is 17.7 Å². The Bertz CT molecular complexity index is 392. The molecule has 9 heteroatoms. The van der Waals surface area contributed by atoms with Crippen molar-refractivity contribution in [2.45, 2.75) is 78.4 Å². The zero-order chi connectivity index (χ0) is 22.0. The highest BCUT2D eigenvalue weighted by Crippen LogP contribution is 2.25. The quantitative estimate of drug-likeness (QED) is 0.107. The highest BCUT2D eigenvalue weighted by molar-refractivity contribution is 5.69. The van der Waals surface area contributed by atoms with Gasteiger partial charge in [-0.05, 0) is 31.1 Å². The van der Waals surface area contributed by atoms with Crippen molar-refractivity contribution in [3.8, 4) is 0 Å². The summed E-state index contributed by atoms with van der Waals surface area (Å²) in [6.07, 6.45) is 3.40. The van der Waals surface area contributed by atoms with Crippen LogP contribution < -0.4 is 10.8 Å². The monoisotopic (exact) mass is 422 g/mol. The van der Waals surface area contributed by atoms with Gasteiger partial charge in [0.2, 0.25) is 0 Å². The number of carbonyl (C=O) groups is 1. The summed E-state index contributed by atoms with van der Waals surface area (Å²) >= 11 is 0. The number of unbranched alkanes of at least 4 members (excludes halogenated alkanes) is 2. The molecule has 0 amide bonds. The molecule has 0 radical (unpaired) electrons. The van der Waals surface area contributed by atoms with Crippen LogP contribution in [0.1, 0.15) is 66.2 Å². The minimum atomic E-state index is -0.458. The van der Waals surface area contributed by atoms with Gasteiger partial charge in [0.05, 0.1) is 19.1 Å². The summed E-state index contributed by atoms with van der Waals surface area (Å²) in [7, 11) is 0. The molecule has 9 nitrogen and oxygen atoms in total. The van der Waals surface area contributed by atoms with Gasteiger partial charge in [0.1, 0.15) is 6.73 Å². The van der Waals surface area contributed by atoms with Gasteiger partial charge < -0.3 is 19.8 Å². The van der Waals surface area contributed by atoms with Crippen LogP contribution in [0.25, 0.3) is 0 Å². The lowest BCUT2D eigenvalue weighted by Gasteiger charge is -2.37. The van der Waals surface area contributed by atoms with Gasteiger partial charge in [-0.3, -0.25) is 10.1 Å². The molecule has 0 bridgehead atoms. The molecule has 0 aliphatic carbocycles. The van der Waals surface area contributed by atoms with E-state index in [0.29, 0.717) is 39.0 Å². The number of hydroxylamine groups is 1. The Kier molecular flexibility index (Phi) is 17.5. The molecule has 29 heavy (non-hydrogen) atoms. The number of nitrogens with one attached hydrogen (secondary N) is 2. The fourth-order valence-corrected chi connectivity index (χ4v) is 2.65. The van der Waals surface area contributed by atoms with Crippen LogP contribution in [-0.4, -0.2) is 68.0 Å². The molecule has 0 saturated heterocycles. The van der Waals surface area contributed by atoms with E-state index in [1.165, 1.54) is 0 Å². The predicted molar refractivity (Wildman–Crippen MR) is 110 cm³/mol. The van der Waals surface area contributed by atoms with Crippen molar-refractivity contribution in [3.05, 3.63) is 0 Å². The standard InChI is InChI=1S/C20H42N2O7/c1-5-6-10-22-29-18(25)15-17(26-13-9-12-24)19(20(2,3)4)21-16-28-27-14-8-7-11-23/h17,19,21-24H,5-16H2,1-4H3. The fraction of sp³-hybridized carbons (Fsp3) is 0.950. The van der Waals surface area contributed by atoms with Crippen LogP contribution in [0.3, 0.4) is 0 Å². The number of carbonyl (C=O) groups excluding carboxylic acids is 1. The van der Waals surface area contributed by atoms with E-state index in [1.54, 1.807) is 0 Å². The van der Waals surface area contributed by atoms with Gasteiger partial charge in [0.15, 0.2) is 0 Å². The van der Waals surface area contributed by atoms with E-state index in [1.807, 2.05) is 20.8 Å². The first-order valence-corrected chi connectivity index (χ1v) is 10.6. The lowest BCUT2D eigenvalue weighted by atomic mass is 9.82. The summed E-state index contributed by atoms with van der Waals surface area (Å²) in [5, 5.41) is 21.0. The predicted octanol–water partition coefficient (Wildman–Crippen LogP) is 1.67. The number of aliphatic hydroxyl groups is 2. The number of ether oxygens (including phenoxy) is 1. The summed E-state index contributed by atoms with van der Waals surface area (Å²) < 4.78 is 5.90. The van der Waals surface area contributed by atoms with Crippen molar-refractivity contribution in [1.82, 2.24) is 10.8 Å². The summed E-state index contributed by atoms with van der Waals surface area (Å²) in [5.41, 5.74) is 2.45. The molecule has 2 atom stereocenters. The average Bonchev–Trinajstić information content (AvgIpc) is 2.66. The molecular weight excluding hydrogens is 380 g/mol. The highest BCUT2D eigenvalue weighted by Gasteiger charge is 2.34. The van der Waals surface area contributed by atoms with Crippen molar-refractivity contribution in [2.75, 3.05) is 39.7 Å². The lowest BCUT2D eigenvalue weighted by Crippen LogP contribution is -2.51. The number of aliphatic hydroxyl groups excluding tert-OH is 2. The van der Waals surface area contributed by atoms with Gasteiger partial charge in [-0.2, -0.15) is 5.48 Å². The first kappa shape index (κ1) is 28.2. The molecule has 0 spiro atoms. The van der Waals surface area contributed by atoms with Gasteiger partial charge in [-0.1, -0.05) is 34.1 Å². The van der Waals surface area contributed by atoms with E-state index in [-0.39, 0.29) is 37.8 Å². The number of hydrogen-bond acceptors (Lipinski definition) is 9. The van der Waals surface area contributed by atoms with Crippen molar-refractivity contribution < 1.29 is 34.4 Å². The highest BCUT2D eigenvalue weighted by atomic mass is 17.2. The molecule has 0 aliphatic rings. The molecule has 0 aliphatic heterocycles. The summed E-state index contributed by atoms with van der Waals surface area (Å²) in [5.74, 6) is -0.396. The van der Waals surface area contributed by atoms with E-state index in [4.69, 9.17) is 29.6 Å². The molecule has 0 saturated carbocycles. The summed E-state index contributed by atoms with van der Waals surface area (Å²) in [4.78, 5) is 27.6. The van der Waals surface area contributed by atoms with Crippen LogP contribution in [0.4, 0.5) is 0 Å². The zero-order valence-electron chi connectivity index (χ0n) is 18.6. The van der Waals surface area contributed by atoms with Crippen molar-refractivity contribution >= 4 is 5.97 Å². The van der Waals surface area contributed by atoms with Gasteiger partial charge in [-0.15, -0.1) is 0 Å². The first-order valence-electron chi connectivity index (χ1n) is 10.6. The Morgan fingerprint density at radius 1 is 1.00 bits per heavy atom. The Labute approximate surface area is 175 Å². The normalized spacial score (nSPS) is 14.0. The van der Waals surface area contributed by atoms with Gasteiger partial charge >= 0.3 is 5.97 Å². The zero-order valence-corrected chi connectivity index (χ0v) is 18.6. The van der Waals surface area contributed by atoms with Crippen molar-refractivity contribution in [1.29, 1.82) is 0 Å². The number of rotatable bonds is 19. The van der Waals surface area contributed by atoms with E-state index in [0.717, 1.165) is 12.8 Å². The molecule has 0 rings (SSSR count). The number of hydrogen-bond donors (Lipinski definition) is 4.